The van der Waals surface area contributed by atoms with Gasteiger partial charge in [-0.1, -0.05) is 12.1 Å². The molecule has 24 heavy (non-hydrogen) atoms. The van der Waals surface area contributed by atoms with Crippen molar-refractivity contribution in [2.45, 2.75) is 39.8 Å². The Bertz CT molecular complexity index is 925. The van der Waals surface area contributed by atoms with Gasteiger partial charge in [0.25, 0.3) is 0 Å². The standard InChI is InChI=1S/C20H23N3O/c1-13(2)23-11-10-22(12-15(23)4)18-14(3)7-8-16-17-6-5-9-21-20(17)24-19(16)18/h5-11,13,15H,12H2,1-4H3/t15-/m0/s1. The highest BCUT2D eigenvalue weighted by atomic mass is 16.3. The average Bonchev–Trinajstić information content (AvgIpc) is 2.92. The topological polar surface area (TPSA) is 32.5 Å². The summed E-state index contributed by atoms with van der Waals surface area (Å²) in [6.07, 6.45) is 6.14. The molecule has 0 unspecified atom stereocenters. The Labute approximate surface area is 142 Å². The molecule has 0 saturated carbocycles. The van der Waals surface area contributed by atoms with Gasteiger partial charge in [-0.2, -0.15) is 0 Å². The van der Waals surface area contributed by atoms with Crippen LogP contribution in [0.2, 0.25) is 0 Å². The van der Waals surface area contributed by atoms with Gasteiger partial charge in [-0.05, 0) is 45.4 Å². The summed E-state index contributed by atoms with van der Waals surface area (Å²) in [6.45, 7) is 9.81. The van der Waals surface area contributed by atoms with Gasteiger partial charge in [0.05, 0.1) is 5.69 Å². The molecule has 0 aliphatic carbocycles. The maximum absolute atomic E-state index is 6.13. The Kier molecular flexibility index (Phi) is 3.48. The molecule has 3 aromatic rings. The van der Waals surface area contributed by atoms with E-state index < -0.39 is 0 Å². The van der Waals surface area contributed by atoms with Crippen LogP contribution in [0.5, 0.6) is 0 Å². The molecule has 1 aliphatic rings. The minimum atomic E-state index is 0.451. The number of anilines is 1. The molecule has 0 N–H and O–H groups in total. The van der Waals surface area contributed by atoms with Crippen LogP contribution in [-0.2, 0) is 0 Å². The summed E-state index contributed by atoms with van der Waals surface area (Å²) in [7, 11) is 0. The SMILES string of the molecule is Cc1ccc2c(oc3ncccc32)c1N1C=CN(C(C)C)[C@@H](C)C1. The third-order valence-corrected chi connectivity index (χ3v) is 4.87. The maximum Gasteiger partial charge on any atom is 0.227 e. The zero-order valence-electron chi connectivity index (χ0n) is 14.7. The average molecular weight is 321 g/mol. The highest BCUT2D eigenvalue weighted by molar-refractivity contribution is 6.08. The number of nitrogens with zero attached hydrogens (tertiary/aromatic N) is 3. The molecular formula is C20H23N3O. The fourth-order valence-corrected chi connectivity index (χ4v) is 3.71. The Morgan fingerprint density at radius 3 is 2.75 bits per heavy atom. The van der Waals surface area contributed by atoms with Crippen molar-refractivity contribution in [3.8, 4) is 0 Å². The first kappa shape index (κ1) is 15.1. The maximum atomic E-state index is 6.13. The van der Waals surface area contributed by atoms with Crippen LogP contribution in [0.25, 0.3) is 22.1 Å². The van der Waals surface area contributed by atoms with Gasteiger partial charge in [-0.15, -0.1) is 0 Å². The lowest BCUT2D eigenvalue weighted by Crippen LogP contribution is -2.45. The molecule has 0 spiro atoms. The summed E-state index contributed by atoms with van der Waals surface area (Å²) < 4.78 is 6.13. The van der Waals surface area contributed by atoms with E-state index >= 15 is 0 Å². The molecule has 0 amide bonds. The van der Waals surface area contributed by atoms with Crippen LogP contribution in [0.3, 0.4) is 0 Å². The van der Waals surface area contributed by atoms with E-state index in [0.29, 0.717) is 17.8 Å². The van der Waals surface area contributed by atoms with Crippen LogP contribution in [0, 0.1) is 6.92 Å². The van der Waals surface area contributed by atoms with Crippen LogP contribution in [0.4, 0.5) is 5.69 Å². The Balaban J connectivity index is 1.87. The minimum Gasteiger partial charge on any atom is -0.435 e. The van der Waals surface area contributed by atoms with E-state index in [-0.39, 0.29) is 0 Å². The molecule has 124 valence electrons. The molecule has 2 aromatic heterocycles. The van der Waals surface area contributed by atoms with Crippen LogP contribution in [-0.4, -0.2) is 28.5 Å². The lowest BCUT2D eigenvalue weighted by Gasteiger charge is -2.39. The highest BCUT2D eigenvalue weighted by Gasteiger charge is 2.24. The molecule has 0 radical (unpaired) electrons. The second-order valence-electron chi connectivity index (χ2n) is 6.91. The Morgan fingerprint density at radius 2 is 2.00 bits per heavy atom. The third kappa shape index (κ3) is 2.25. The molecule has 0 fully saturated rings. The smallest absolute Gasteiger partial charge is 0.227 e. The zero-order chi connectivity index (χ0) is 16.8. The van der Waals surface area contributed by atoms with Crippen LogP contribution in [0.15, 0.2) is 47.3 Å². The number of hydrogen-bond acceptors (Lipinski definition) is 4. The number of fused-ring (bicyclic) bond motifs is 3. The first-order valence-corrected chi connectivity index (χ1v) is 8.55. The number of hydrogen-bond donors (Lipinski definition) is 0. The summed E-state index contributed by atoms with van der Waals surface area (Å²) in [6, 6.07) is 9.30. The summed E-state index contributed by atoms with van der Waals surface area (Å²) >= 11 is 0. The van der Waals surface area contributed by atoms with Crippen molar-refractivity contribution in [1.82, 2.24) is 9.88 Å². The largest absolute Gasteiger partial charge is 0.435 e. The van der Waals surface area contributed by atoms with Crippen LogP contribution in [0.1, 0.15) is 26.3 Å². The number of benzene rings is 1. The van der Waals surface area contributed by atoms with Gasteiger partial charge >= 0.3 is 0 Å². The predicted octanol–water partition coefficient (Wildman–Crippen LogP) is 4.68. The summed E-state index contributed by atoms with van der Waals surface area (Å²) in [4.78, 5) is 9.08. The second-order valence-corrected chi connectivity index (χ2v) is 6.91. The fraction of sp³-hybridized carbons (Fsp3) is 0.350. The third-order valence-electron chi connectivity index (χ3n) is 4.87. The molecule has 3 heterocycles. The van der Waals surface area contributed by atoms with Crippen molar-refractivity contribution < 1.29 is 4.42 Å². The molecule has 1 aromatic carbocycles. The number of furan rings is 1. The van der Waals surface area contributed by atoms with Crippen molar-refractivity contribution >= 4 is 27.8 Å². The van der Waals surface area contributed by atoms with Crippen molar-refractivity contribution in [3.05, 3.63) is 48.4 Å². The minimum absolute atomic E-state index is 0.451. The normalized spacial score (nSPS) is 18.3. The molecule has 0 saturated heterocycles. The van der Waals surface area contributed by atoms with E-state index in [1.807, 2.05) is 6.07 Å². The van der Waals surface area contributed by atoms with Crippen LogP contribution < -0.4 is 4.90 Å². The summed E-state index contributed by atoms with van der Waals surface area (Å²) in [5.41, 5.74) is 4.00. The Hall–Kier alpha value is -2.49. The van der Waals surface area contributed by atoms with Crippen LogP contribution >= 0.6 is 0 Å². The predicted molar refractivity (Wildman–Crippen MR) is 99.2 cm³/mol. The van der Waals surface area contributed by atoms with E-state index in [1.165, 1.54) is 5.56 Å². The number of rotatable bonds is 2. The fourth-order valence-electron chi connectivity index (χ4n) is 3.71. The van der Waals surface area contributed by atoms with Gasteiger partial charge in [0.2, 0.25) is 5.71 Å². The van der Waals surface area contributed by atoms with Gasteiger partial charge in [-0.25, -0.2) is 4.98 Å². The Morgan fingerprint density at radius 1 is 1.17 bits per heavy atom. The summed E-state index contributed by atoms with van der Waals surface area (Å²) in [5.74, 6) is 0. The van der Waals surface area contributed by atoms with Crippen molar-refractivity contribution in [2.75, 3.05) is 11.4 Å². The molecule has 1 aliphatic heterocycles. The monoisotopic (exact) mass is 321 g/mol. The van der Waals surface area contributed by atoms with E-state index in [0.717, 1.165) is 28.6 Å². The van der Waals surface area contributed by atoms with E-state index in [4.69, 9.17) is 4.42 Å². The molecule has 1 atom stereocenters. The van der Waals surface area contributed by atoms with Gasteiger partial charge < -0.3 is 14.2 Å². The van der Waals surface area contributed by atoms with E-state index in [9.17, 15) is 0 Å². The lowest BCUT2D eigenvalue weighted by atomic mass is 10.1. The highest BCUT2D eigenvalue weighted by Crippen LogP contribution is 2.37. The number of pyridine rings is 1. The summed E-state index contributed by atoms with van der Waals surface area (Å²) in [5, 5.41) is 2.21. The molecule has 4 nitrogen and oxygen atoms in total. The van der Waals surface area contributed by atoms with Crippen molar-refractivity contribution in [1.29, 1.82) is 0 Å². The molecule has 4 heteroatoms. The number of aryl methyl sites for hydroxylation is 1. The van der Waals surface area contributed by atoms with Gasteiger partial charge in [0.1, 0.15) is 0 Å². The second kappa shape index (κ2) is 5.55. The van der Waals surface area contributed by atoms with Gasteiger partial charge in [0, 0.05) is 48.0 Å². The van der Waals surface area contributed by atoms with Gasteiger partial charge in [-0.3, -0.25) is 0 Å². The van der Waals surface area contributed by atoms with Gasteiger partial charge in [0.15, 0.2) is 5.58 Å². The first-order chi connectivity index (χ1) is 11.6. The lowest BCUT2D eigenvalue weighted by molar-refractivity contribution is 0.235. The zero-order valence-corrected chi connectivity index (χ0v) is 14.7. The number of aromatic nitrogens is 1. The molecule has 4 rings (SSSR count). The quantitative estimate of drug-likeness (QED) is 0.686. The van der Waals surface area contributed by atoms with Crippen molar-refractivity contribution in [2.24, 2.45) is 0 Å². The van der Waals surface area contributed by atoms with E-state index in [1.54, 1.807) is 6.20 Å². The van der Waals surface area contributed by atoms with Crippen molar-refractivity contribution in [3.63, 3.8) is 0 Å². The molecule has 0 bridgehead atoms. The van der Waals surface area contributed by atoms with E-state index in [2.05, 4.69) is 73.1 Å². The first-order valence-electron chi connectivity index (χ1n) is 8.55. The molecular weight excluding hydrogens is 298 g/mol.